The lowest BCUT2D eigenvalue weighted by Crippen LogP contribution is -2.27. The van der Waals surface area contributed by atoms with Crippen molar-refractivity contribution < 1.29 is 17.9 Å². The normalized spacial score (nSPS) is 15.0. The number of hydrogen-bond donors (Lipinski definition) is 1. The minimum absolute atomic E-state index is 0.0668. The molecule has 3 rings (SSSR count). The summed E-state index contributed by atoms with van der Waals surface area (Å²) in [5, 5.41) is 2.80. The number of ether oxygens (including phenoxy) is 1. The standard InChI is InChI=1S/C20H23BrN2O4S/c1-14(2)27-19-10-5-15(21)13-18(19)20(24)22-16-6-8-17(9-7-16)28(25,26)23-11-3-4-12-23/h5-10,13-14H,3-4,11-12H2,1-2H3,(H,22,24). The fourth-order valence-corrected chi connectivity index (χ4v) is 4.90. The van der Waals surface area contributed by atoms with Gasteiger partial charge in [0.25, 0.3) is 5.91 Å². The molecule has 1 N–H and O–H groups in total. The van der Waals surface area contributed by atoms with Crippen LogP contribution < -0.4 is 10.1 Å². The molecule has 0 radical (unpaired) electrons. The van der Waals surface area contributed by atoms with Crippen LogP contribution in [0.1, 0.15) is 37.0 Å². The van der Waals surface area contributed by atoms with Crippen LogP contribution in [0.5, 0.6) is 5.75 Å². The highest BCUT2D eigenvalue weighted by molar-refractivity contribution is 9.10. The van der Waals surface area contributed by atoms with Gasteiger partial charge in [0.05, 0.1) is 16.6 Å². The number of halogens is 1. The number of carbonyl (C=O) groups excluding carboxylic acids is 1. The van der Waals surface area contributed by atoms with Crippen molar-refractivity contribution in [2.24, 2.45) is 0 Å². The second-order valence-corrected chi connectivity index (χ2v) is 9.75. The third-order valence-electron chi connectivity index (χ3n) is 4.36. The Labute approximate surface area is 174 Å². The lowest BCUT2D eigenvalue weighted by Gasteiger charge is -2.16. The molecule has 0 atom stereocenters. The fraction of sp³-hybridized carbons (Fsp3) is 0.350. The number of nitrogens with zero attached hydrogens (tertiary/aromatic N) is 1. The summed E-state index contributed by atoms with van der Waals surface area (Å²) in [6.45, 7) is 4.90. The first-order valence-electron chi connectivity index (χ1n) is 9.15. The van der Waals surface area contributed by atoms with Gasteiger partial charge >= 0.3 is 0 Å². The van der Waals surface area contributed by atoms with E-state index in [4.69, 9.17) is 4.74 Å². The van der Waals surface area contributed by atoms with E-state index < -0.39 is 10.0 Å². The molecule has 1 aliphatic heterocycles. The number of hydrogen-bond acceptors (Lipinski definition) is 4. The number of amides is 1. The maximum absolute atomic E-state index is 12.7. The summed E-state index contributed by atoms with van der Waals surface area (Å²) in [6.07, 6.45) is 1.71. The van der Waals surface area contributed by atoms with Gasteiger partial charge in [0.15, 0.2) is 0 Å². The smallest absolute Gasteiger partial charge is 0.259 e. The topological polar surface area (TPSA) is 75.7 Å². The Bertz CT molecular complexity index is 953. The van der Waals surface area contributed by atoms with Gasteiger partial charge in [-0.3, -0.25) is 4.79 Å². The van der Waals surface area contributed by atoms with Crippen molar-refractivity contribution in [2.75, 3.05) is 18.4 Å². The summed E-state index contributed by atoms with van der Waals surface area (Å²) < 4.78 is 33.2. The molecule has 1 heterocycles. The van der Waals surface area contributed by atoms with Crippen LogP contribution in [0.3, 0.4) is 0 Å². The molecule has 1 amide bonds. The summed E-state index contributed by atoms with van der Waals surface area (Å²) >= 11 is 3.37. The van der Waals surface area contributed by atoms with E-state index in [1.54, 1.807) is 24.3 Å². The van der Waals surface area contributed by atoms with Crippen LogP contribution in [0.2, 0.25) is 0 Å². The molecule has 150 valence electrons. The average molecular weight is 467 g/mol. The number of nitrogens with one attached hydrogen (secondary N) is 1. The van der Waals surface area contributed by atoms with Crippen molar-refractivity contribution in [3.63, 3.8) is 0 Å². The third-order valence-corrected chi connectivity index (χ3v) is 6.77. The Morgan fingerprint density at radius 3 is 2.36 bits per heavy atom. The maximum atomic E-state index is 12.7. The molecule has 0 aliphatic carbocycles. The zero-order valence-electron chi connectivity index (χ0n) is 15.8. The molecule has 1 saturated heterocycles. The van der Waals surface area contributed by atoms with Crippen molar-refractivity contribution >= 4 is 37.5 Å². The van der Waals surface area contributed by atoms with Crippen LogP contribution in [-0.2, 0) is 10.0 Å². The van der Waals surface area contributed by atoms with Crippen LogP contribution in [0.4, 0.5) is 5.69 Å². The van der Waals surface area contributed by atoms with E-state index in [1.165, 1.54) is 16.4 Å². The van der Waals surface area contributed by atoms with Crippen LogP contribution in [0.15, 0.2) is 51.8 Å². The lowest BCUT2D eigenvalue weighted by atomic mass is 10.1. The highest BCUT2D eigenvalue weighted by atomic mass is 79.9. The van der Waals surface area contributed by atoms with Gasteiger partial charge in [-0.25, -0.2) is 8.42 Å². The quantitative estimate of drug-likeness (QED) is 0.689. The molecular formula is C20H23BrN2O4S. The Morgan fingerprint density at radius 1 is 1.11 bits per heavy atom. The van der Waals surface area contributed by atoms with Gasteiger partial charge in [-0.15, -0.1) is 0 Å². The summed E-state index contributed by atoms with van der Waals surface area (Å²) in [6, 6.07) is 11.5. The van der Waals surface area contributed by atoms with Gasteiger partial charge in [-0.2, -0.15) is 4.31 Å². The van der Waals surface area contributed by atoms with Crippen LogP contribution in [0, 0.1) is 0 Å². The summed E-state index contributed by atoms with van der Waals surface area (Å²) in [5.74, 6) is 0.163. The molecule has 6 nitrogen and oxygen atoms in total. The van der Waals surface area contributed by atoms with E-state index >= 15 is 0 Å². The Hall–Kier alpha value is -1.90. The molecule has 8 heteroatoms. The first-order chi connectivity index (χ1) is 13.3. The van der Waals surface area contributed by atoms with Crippen molar-refractivity contribution in [1.82, 2.24) is 4.31 Å². The molecule has 1 aliphatic rings. The predicted octanol–water partition coefficient (Wildman–Crippen LogP) is 4.27. The van der Waals surface area contributed by atoms with E-state index in [0.717, 1.165) is 17.3 Å². The Morgan fingerprint density at radius 2 is 1.75 bits per heavy atom. The molecular weight excluding hydrogens is 444 g/mol. The van der Waals surface area contributed by atoms with Gasteiger partial charge in [-0.05, 0) is 69.2 Å². The second-order valence-electron chi connectivity index (χ2n) is 6.90. The van der Waals surface area contributed by atoms with E-state index in [0.29, 0.717) is 30.1 Å². The number of rotatable bonds is 6. The molecule has 1 fully saturated rings. The predicted molar refractivity (Wildman–Crippen MR) is 112 cm³/mol. The van der Waals surface area contributed by atoms with Crippen molar-refractivity contribution in [3.8, 4) is 5.75 Å². The summed E-state index contributed by atoms with van der Waals surface area (Å²) in [5.41, 5.74) is 0.915. The first-order valence-corrected chi connectivity index (χ1v) is 11.4. The monoisotopic (exact) mass is 466 g/mol. The van der Waals surface area contributed by atoms with Gasteiger partial charge in [0.1, 0.15) is 5.75 Å². The van der Waals surface area contributed by atoms with Gasteiger partial charge in [-0.1, -0.05) is 15.9 Å². The Balaban J connectivity index is 1.77. The van der Waals surface area contributed by atoms with E-state index in [2.05, 4.69) is 21.2 Å². The zero-order valence-corrected chi connectivity index (χ0v) is 18.2. The lowest BCUT2D eigenvalue weighted by molar-refractivity contribution is 0.102. The largest absolute Gasteiger partial charge is 0.490 e. The van der Waals surface area contributed by atoms with Gasteiger partial charge < -0.3 is 10.1 Å². The van der Waals surface area contributed by atoms with Crippen molar-refractivity contribution in [2.45, 2.75) is 37.7 Å². The molecule has 0 aromatic heterocycles. The molecule has 0 unspecified atom stereocenters. The number of carbonyl (C=O) groups is 1. The van der Waals surface area contributed by atoms with E-state index in [9.17, 15) is 13.2 Å². The van der Waals surface area contributed by atoms with Crippen LogP contribution >= 0.6 is 15.9 Å². The maximum Gasteiger partial charge on any atom is 0.259 e. The van der Waals surface area contributed by atoms with Crippen molar-refractivity contribution in [1.29, 1.82) is 0 Å². The number of sulfonamides is 1. The van der Waals surface area contributed by atoms with Gasteiger partial charge in [0, 0.05) is 23.2 Å². The van der Waals surface area contributed by atoms with Crippen LogP contribution in [0.25, 0.3) is 0 Å². The van der Waals surface area contributed by atoms with E-state index in [1.807, 2.05) is 19.9 Å². The first kappa shape index (κ1) is 20.8. The number of anilines is 1. The van der Waals surface area contributed by atoms with E-state index in [-0.39, 0.29) is 16.9 Å². The molecule has 2 aromatic rings. The Kier molecular flexibility index (Phi) is 6.42. The molecule has 0 saturated carbocycles. The molecule has 2 aromatic carbocycles. The summed E-state index contributed by atoms with van der Waals surface area (Å²) in [7, 11) is -3.47. The molecule has 0 bridgehead atoms. The SMILES string of the molecule is CC(C)Oc1ccc(Br)cc1C(=O)Nc1ccc(S(=O)(=O)N2CCCC2)cc1. The highest BCUT2D eigenvalue weighted by Crippen LogP contribution is 2.26. The highest BCUT2D eigenvalue weighted by Gasteiger charge is 2.27. The van der Waals surface area contributed by atoms with Crippen molar-refractivity contribution in [3.05, 3.63) is 52.5 Å². The van der Waals surface area contributed by atoms with Gasteiger partial charge in [0.2, 0.25) is 10.0 Å². The minimum Gasteiger partial charge on any atom is -0.490 e. The average Bonchev–Trinajstić information content (AvgIpc) is 3.19. The number of benzene rings is 2. The minimum atomic E-state index is -3.47. The summed E-state index contributed by atoms with van der Waals surface area (Å²) in [4.78, 5) is 13.0. The molecule has 0 spiro atoms. The van der Waals surface area contributed by atoms with Crippen LogP contribution in [-0.4, -0.2) is 37.8 Å². The zero-order chi connectivity index (χ0) is 20.3. The molecule has 28 heavy (non-hydrogen) atoms. The second kappa shape index (κ2) is 8.63. The third kappa shape index (κ3) is 4.74. The fourth-order valence-electron chi connectivity index (χ4n) is 3.02.